The Kier molecular flexibility index (Phi) is 6.24. The molecule has 132 valence electrons. The second-order valence-electron chi connectivity index (χ2n) is 7.10. The fourth-order valence-electron chi connectivity index (χ4n) is 3.28. The van der Waals surface area contributed by atoms with E-state index in [0.717, 1.165) is 51.9 Å². The number of benzene rings is 1. The van der Waals surface area contributed by atoms with Crippen LogP contribution in [0.2, 0.25) is 0 Å². The van der Waals surface area contributed by atoms with E-state index in [0.29, 0.717) is 6.54 Å². The van der Waals surface area contributed by atoms with Gasteiger partial charge in [0.1, 0.15) is 0 Å². The quantitative estimate of drug-likeness (QED) is 0.772. The Morgan fingerprint density at radius 1 is 1.12 bits per heavy atom. The number of hydrogen-bond acceptors (Lipinski definition) is 4. The molecule has 1 aromatic rings. The minimum atomic E-state index is 0.163. The maximum absolute atomic E-state index is 12.1. The fourth-order valence-corrected chi connectivity index (χ4v) is 3.28. The number of amides is 1. The van der Waals surface area contributed by atoms with Gasteiger partial charge in [-0.1, -0.05) is 30.3 Å². The number of nitrogens with one attached hydrogen (secondary N) is 1. The number of likely N-dealkylation sites (N-methyl/N-ethyl adjacent to an activating group) is 1. The molecule has 1 amide bonds. The van der Waals surface area contributed by atoms with Crippen LogP contribution in [0.5, 0.6) is 0 Å². The number of hydrogen-bond donors (Lipinski definition) is 1. The Morgan fingerprint density at radius 3 is 2.46 bits per heavy atom. The summed E-state index contributed by atoms with van der Waals surface area (Å²) in [6, 6.07) is 11.4. The van der Waals surface area contributed by atoms with Crippen molar-refractivity contribution in [2.75, 3.05) is 52.9 Å². The minimum absolute atomic E-state index is 0.163. The van der Waals surface area contributed by atoms with Gasteiger partial charge in [-0.2, -0.15) is 0 Å². The number of rotatable bonds is 8. The van der Waals surface area contributed by atoms with Crippen molar-refractivity contribution in [1.29, 1.82) is 0 Å². The Bertz CT molecular complexity index is 509. The van der Waals surface area contributed by atoms with Crippen LogP contribution in [-0.4, -0.2) is 79.5 Å². The minimum Gasteiger partial charge on any atom is -0.354 e. The molecule has 2 aliphatic rings. The van der Waals surface area contributed by atoms with Crippen LogP contribution >= 0.6 is 0 Å². The molecule has 0 aromatic heterocycles. The van der Waals surface area contributed by atoms with Crippen LogP contribution in [0.3, 0.4) is 0 Å². The maximum atomic E-state index is 12.1. The van der Waals surface area contributed by atoms with Crippen LogP contribution in [0.4, 0.5) is 0 Å². The van der Waals surface area contributed by atoms with Gasteiger partial charge in [-0.05, 0) is 25.5 Å². The summed E-state index contributed by atoms with van der Waals surface area (Å²) >= 11 is 0. The van der Waals surface area contributed by atoms with E-state index in [-0.39, 0.29) is 5.91 Å². The largest absolute Gasteiger partial charge is 0.354 e. The van der Waals surface area contributed by atoms with E-state index in [1.54, 1.807) is 0 Å². The summed E-state index contributed by atoms with van der Waals surface area (Å²) in [4.78, 5) is 19.1. The maximum Gasteiger partial charge on any atom is 0.234 e. The first-order valence-electron chi connectivity index (χ1n) is 9.16. The monoisotopic (exact) mass is 330 g/mol. The van der Waals surface area contributed by atoms with E-state index in [1.165, 1.54) is 18.4 Å². The van der Waals surface area contributed by atoms with E-state index in [9.17, 15) is 4.79 Å². The van der Waals surface area contributed by atoms with Crippen LogP contribution in [0.25, 0.3) is 0 Å². The first-order chi connectivity index (χ1) is 11.7. The van der Waals surface area contributed by atoms with Gasteiger partial charge < -0.3 is 10.2 Å². The molecule has 3 rings (SSSR count). The average molecular weight is 330 g/mol. The fraction of sp³-hybridized carbons (Fsp3) is 0.632. The predicted molar refractivity (Wildman–Crippen MR) is 96.8 cm³/mol. The molecule has 1 saturated heterocycles. The van der Waals surface area contributed by atoms with Gasteiger partial charge >= 0.3 is 0 Å². The predicted octanol–water partition coefficient (Wildman–Crippen LogP) is 1.01. The third-order valence-electron chi connectivity index (χ3n) is 5.04. The number of piperazine rings is 1. The van der Waals surface area contributed by atoms with E-state index >= 15 is 0 Å². The molecular formula is C19H30N4O. The van der Waals surface area contributed by atoms with Crippen molar-refractivity contribution in [3.8, 4) is 0 Å². The van der Waals surface area contributed by atoms with Gasteiger partial charge in [0.2, 0.25) is 5.91 Å². The molecule has 0 bridgehead atoms. The van der Waals surface area contributed by atoms with Crippen LogP contribution in [-0.2, 0) is 11.3 Å². The topological polar surface area (TPSA) is 38.8 Å². The molecule has 1 aliphatic heterocycles. The smallest absolute Gasteiger partial charge is 0.234 e. The standard InChI is InChI=1S/C19H30N4O/c1-21(18-7-8-18)10-9-20-19(24)16-23-13-11-22(12-14-23)15-17-5-3-2-4-6-17/h2-6,18H,7-16H2,1H3,(H,20,24). The molecule has 5 nitrogen and oxygen atoms in total. The van der Waals surface area contributed by atoms with Crippen molar-refractivity contribution in [3.63, 3.8) is 0 Å². The summed E-state index contributed by atoms with van der Waals surface area (Å²) in [6.07, 6.45) is 2.63. The van der Waals surface area contributed by atoms with Crippen molar-refractivity contribution in [2.24, 2.45) is 0 Å². The van der Waals surface area contributed by atoms with E-state index in [2.05, 4.69) is 57.4 Å². The lowest BCUT2D eigenvalue weighted by atomic mass is 10.2. The molecular weight excluding hydrogens is 300 g/mol. The lowest BCUT2D eigenvalue weighted by Crippen LogP contribution is -2.49. The van der Waals surface area contributed by atoms with Crippen molar-refractivity contribution in [2.45, 2.75) is 25.4 Å². The molecule has 1 aromatic carbocycles. The molecule has 0 unspecified atom stereocenters. The highest BCUT2D eigenvalue weighted by atomic mass is 16.2. The molecule has 0 radical (unpaired) electrons. The van der Waals surface area contributed by atoms with Gasteiger partial charge in [0.25, 0.3) is 0 Å². The van der Waals surface area contributed by atoms with Gasteiger partial charge in [-0.25, -0.2) is 0 Å². The Balaban J connectivity index is 1.29. The molecule has 1 heterocycles. The average Bonchev–Trinajstić information content (AvgIpc) is 3.42. The Morgan fingerprint density at radius 2 is 1.79 bits per heavy atom. The van der Waals surface area contributed by atoms with Gasteiger partial charge in [0, 0.05) is 51.9 Å². The summed E-state index contributed by atoms with van der Waals surface area (Å²) in [5.41, 5.74) is 1.36. The van der Waals surface area contributed by atoms with Crippen molar-refractivity contribution >= 4 is 5.91 Å². The first-order valence-corrected chi connectivity index (χ1v) is 9.16. The highest BCUT2D eigenvalue weighted by molar-refractivity contribution is 5.78. The van der Waals surface area contributed by atoms with Crippen molar-refractivity contribution < 1.29 is 4.79 Å². The summed E-state index contributed by atoms with van der Waals surface area (Å²) in [5.74, 6) is 0.163. The van der Waals surface area contributed by atoms with Gasteiger partial charge in [0.15, 0.2) is 0 Å². The van der Waals surface area contributed by atoms with Crippen molar-refractivity contribution in [1.82, 2.24) is 20.0 Å². The van der Waals surface area contributed by atoms with Crippen LogP contribution in [0.1, 0.15) is 18.4 Å². The molecule has 2 fully saturated rings. The second-order valence-corrected chi connectivity index (χ2v) is 7.10. The molecule has 1 aliphatic carbocycles. The molecule has 5 heteroatoms. The molecule has 24 heavy (non-hydrogen) atoms. The van der Waals surface area contributed by atoms with Gasteiger partial charge in [-0.15, -0.1) is 0 Å². The summed E-state index contributed by atoms with van der Waals surface area (Å²) in [7, 11) is 2.15. The van der Waals surface area contributed by atoms with E-state index in [1.807, 2.05) is 0 Å². The number of nitrogens with zero attached hydrogens (tertiary/aromatic N) is 3. The van der Waals surface area contributed by atoms with Crippen LogP contribution < -0.4 is 5.32 Å². The SMILES string of the molecule is CN(CCNC(=O)CN1CCN(Cc2ccccc2)CC1)C1CC1. The zero-order chi connectivity index (χ0) is 16.8. The van der Waals surface area contributed by atoms with Crippen LogP contribution in [0.15, 0.2) is 30.3 Å². The second kappa shape index (κ2) is 8.60. The van der Waals surface area contributed by atoms with Crippen LogP contribution in [0, 0.1) is 0 Å². The third kappa shape index (κ3) is 5.58. The molecule has 1 saturated carbocycles. The highest BCUT2D eigenvalue weighted by Gasteiger charge is 2.25. The number of carbonyl (C=O) groups is 1. The summed E-state index contributed by atoms with van der Waals surface area (Å²) in [5, 5.41) is 3.06. The zero-order valence-corrected chi connectivity index (χ0v) is 14.8. The zero-order valence-electron chi connectivity index (χ0n) is 14.8. The van der Waals surface area contributed by atoms with Gasteiger partial charge in [0.05, 0.1) is 6.54 Å². The number of carbonyl (C=O) groups excluding carboxylic acids is 1. The highest BCUT2D eigenvalue weighted by Crippen LogP contribution is 2.24. The lowest BCUT2D eigenvalue weighted by Gasteiger charge is -2.34. The molecule has 0 atom stereocenters. The lowest BCUT2D eigenvalue weighted by molar-refractivity contribution is -0.122. The molecule has 1 N–H and O–H groups in total. The Hall–Kier alpha value is -1.43. The summed E-state index contributed by atoms with van der Waals surface area (Å²) < 4.78 is 0. The van der Waals surface area contributed by atoms with E-state index in [4.69, 9.17) is 0 Å². The summed E-state index contributed by atoms with van der Waals surface area (Å²) in [6.45, 7) is 7.28. The first kappa shape index (κ1) is 17.4. The third-order valence-corrected chi connectivity index (χ3v) is 5.04. The van der Waals surface area contributed by atoms with E-state index < -0.39 is 0 Å². The van der Waals surface area contributed by atoms with Gasteiger partial charge in [-0.3, -0.25) is 14.6 Å². The molecule has 0 spiro atoms. The normalized spacial score (nSPS) is 19.6. The van der Waals surface area contributed by atoms with Crippen molar-refractivity contribution in [3.05, 3.63) is 35.9 Å². The Labute approximate surface area is 145 Å².